The van der Waals surface area contributed by atoms with Gasteiger partial charge in [-0.05, 0) is 32.4 Å². The third-order valence-corrected chi connectivity index (χ3v) is 2.85. The van der Waals surface area contributed by atoms with E-state index in [0.717, 1.165) is 6.54 Å². The summed E-state index contributed by atoms with van der Waals surface area (Å²) in [7, 11) is 0. The van der Waals surface area contributed by atoms with Crippen LogP contribution in [0, 0.1) is 0 Å². The quantitative estimate of drug-likeness (QED) is 0.578. The van der Waals surface area contributed by atoms with Crippen LogP contribution in [0.2, 0.25) is 0 Å². The zero-order valence-corrected chi connectivity index (χ0v) is 7.68. The molecule has 70 valence electrons. The fourth-order valence-corrected chi connectivity index (χ4v) is 2.16. The molecule has 12 heavy (non-hydrogen) atoms. The second kappa shape index (κ2) is 4.21. The third kappa shape index (κ3) is 1.97. The first-order valence-corrected chi connectivity index (χ1v) is 5.15. The van der Waals surface area contributed by atoms with Crippen molar-refractivity contribution in [3.8, 4) is 0 Å². The Morgan fingerprint density at radius 1 is 1.00 bits per heavy atom. The molecule has 3 heteroatoms. The van der Waals surface area contributed by atoms with Crippen molar-refractivity contribution in [1.29, 1.82) is 0 Å². The molecule has 0 aromatic carbocycles. The molecular formula is C9H19N3. The van der Waals surface area contributed by atoms with Gasteiger partial charge in [0.1, 0.15) is 0 Å². The van der Waals surface area contributed by atoms with Crippen LogP contribution in [-0.4, -0.2) is 43.8 Å². The summed E-state index contributed by atoms with van der Waals surface area (Å²) < 4.78 is 0. The van der Waals surface area contributed by atoms with Gasteiger partial charge in [0.05, 0.1) is 6.17 Å². The van der Waals surface area contributed by atoms with Crippen LogP contribution in [-0.2, 0) is 0 Å². The highest BCUT2D eigenvalue weighted by Gasteiger charge is 2.21. The van der Waals surface area contributed by atoms with E-state index in [0.29, 0.717) is 6.17 Å². The highest BCUT2D eigenvalue weighted by Crippen LogP contribution is 2.11. The van der Waals surface area contributed by atoms with Crippen molar-refractivity contribution in [2.24, 2.45) is 0 Å². The first kappa shape index (κ1) is 8.48. The van der Waals surface area contributed by atoms with Crippen LogP contribution in [0.1, 0.15) is 19.3 Å². The lowest BCUT2D eigenvalue weighted by Crippen LogP contribution is -2.43. The summed E-state index contributed by atoms with van der Waals surface area (Å²) in [5.41, 5.74) is 0. The molecule has 2 heterocycles. The van der Waals surface area contributed by atoms with Gasteiger partial charge in [-0.25, -0.2) is 0 Å². The van der Waals surface area contributed by atoms with Crippen molar-refractivity contribution < 1.29 is 0 Å². The lowest BCUT2D eigenvalue weighted by Gasteiger charge is -2.26. The minimum Gasteiger partial charge on any atom is -0.315 e. The van der Waals surface area contributed by atoms with E-state index in [1.165, 1.54) is 45.4 Å². The van der Waals surface area contributed by atoms with E-state index in [9.17, 15) is 0 Å². The molecule has 0 saturated carbocycles. The van der Waals surface area contributed by atoms with Gasteiger partial charge in [0.2, 0.25) is 0 Å². The van der Waals surface area contributed by atoms with Crippen molar-refractivity contribution in [2.75, 3.05) is 32.7 Å². The Morgan fingerprint density at radius 3 is 2.83 bits per heavy atom. The number of hydrogen-bond donors (Lipinski definition) is 2. The second-order valence-electron chi connectivity index (χ2n) is 3.75. The standard InChI is InChI=1S/C9H19N3/c1-3-9(11-5-1)12-7-2-4-10-6-8-12/h9-11H,1-8H2. The van der Waals surface area contributed by atoms with E-state index >= 15 is 0 Å². The summed E-state index contributed by atoms with van der Waals surface area (Å²) in [6.45, 7) is 6.07. The van der Waals surface area contributed by atoms with Crippen molar-refractivity contribution >= 4 is 0 Å². The minimum absolute atomic E-state index is 0.685. The van der Waals surface area contributed by atoms with Crippen molar-refractivity contribution in [2.45, 2.75) is 25.4 Å². The van der Waals surface area contributed by atoms with Crippen molar-refractivity contribution in [3.63, 3.8) is 0 Å². The summed E-state index contributed by atoms with van der Waals surface area (Å²) in [5.74, 6) is 0. The summed E-state index contributed by atoms with van der Waals surface area (Å²) in [6, 6.07) is 0. The molecule has 1 atom stereocenters. The second-order valence-corrected chi connectivity index (χ2v) is 3.75. The number of nitrogens with one attached hydrogen (secondary N) is 2. The molecular weight excluding hydrogens is 150 g/mol. The van der Waals surface area contributed by atoms with Gasteiger partial charge in [0, 0.05) is 19.6 Å². The zero-order valence-electron chi connectivity index (χ0n) is 7.68. The lowest BCUT2D eigenvalue weighted by molar-refractivity contribution is 0.194. The average molecular weight is 169 g/mol. The minimum atomic E-state index is 0.685. The predicted octanol–water partition coefficient (Wildman–Crippen LogP) is -0.00880. The van der Waals surface area contributed by atoms with Gasteiger partial charge in [-0.2, -0.15) is 0 Å². The molecule has 0 spiro atoms. The highest BCUT2D eigenvalue weighted by molar-refractivity contribution is 4.77. The Labute approximate surface area is 74.5 Å². The van der Waals surface area contributed by atoms with Crippen molar-refractivity contribution in [1.82, 2.24) is 15.5 Å². The van der Waals surface area contributed by atoms with E-state index in [1.807, 2.05) is 0 Å². The lowest BCUT2D eigenvalue weighted by atomic mass is 10.3. The SMILES string of the molecule is C1CNC(N2CCCNCC2)C1. The van der Waals surface area contributed by atoms with Gasteiger partial charge in [-0.1, -0.05) is 0 Å². The smallest absolute Gasteiger partial charge is 0.0597 e. The Morgan fingerprint density at radius 2 is 2.00 bits per heavy atom. The number of rotatable bonds is 1. The molecule has 2 N–H and O–H groups in total. The average Bonchev–Trinajstić information content (AvgIpc) is 2.48. The van der Waals surface area contributed by atoms with Crippen LogP contribution < -0.4 is 10.6 Å². The predicted molar refractivity (Wildman–Crippen MR) is 50.1 cm³/mol. The first-order chi connectivity index (χ1) is 5.97. The first-order valence-electron chi connectivity index (χ1n) is 5.15. The van der Waals surface area contributed by atoms with Gasteiger partial charge < -0.3 is 10.6 Å². The normalized spacial score (nSPS) is 33.5. The maximum atomic E-state index is 3.55. The fraction of sp³-hybridized carbons (Fsp3) is 1.00. The van der Waals surface area contributed by atoms with Crippen LogP contribution in [0.3, 0.4) is 0 Å². The molecule has 2 aliphatic rings. The van der Waals surface area contributed by atoms with E-state index in [4.69, 9.17) is 0 Å². The molecule has 0 aromatic heterocycles. The number of hydrogen-bond acceptors (Lipinski definition) is 3. The highest BCUT2D eigenvalue weighted by atomic mass is 15.3. The summed E-state index contributed by atoms with van der Waals surface area (Å²) >= 11 is 0. The van der Waals surface area contributed by atoms with Crippen LogP contribution >= 0.6 is 0 Å². The van der Waals surface area contributed by atoms with Gasteiger partial charge in [-0.15, -0.1) is 0 Å². The van der Waals surface area contributed by atoms with Gasteiger partial charge >= 0.3 is 0 Å². The van der Waals surface area contributed by atoms with E-state index in [1.54, 1.807) is 0 Å². The molecule has 2 fully saturated rings. The van der Waals surface area contributed by atoms with E-state index in [-0.39, 0.29) is 0 Å². The molecule has 0 bridgehead atoms. The molecule has 0 aromatic rings. The summed E-state index contributed by atoms with van der Waals surface area (Å²) in [6.07, 6.45) is 4.69. The molecule has 1 unspecified atom stereocenters. The molecule has 3 nitrogen and oxygen atoms in total. The van der Waals surface area contributed by atoms with Crippen LogP contribution in [0.5, 0.6) is 0 Å². The van der Waals surface area contributed by atoms with Gasteiger partial charge in [0.25, 0.3) is 0 Å². The summed E-state index contributed by atoms with van der Waals surface area (Å²) in [4.78, 5) is 2.59. The van der Waals surface area contributed by atoms with Crippen LogP contribution in [0.25, 0.3) is 0 Å². The maximum absolute atomic E-state index is 3.55. The monoisotopic (exact) mass is 169 g/mol. The Balaban J connectivity index is 1.83. The van der Waals surface area contributed by atoms with Gasteiger partial charge in [0.15, 0.2) is 0 Å². The summed E-state index contributed by atoms with van der Waals surface area (Å²) in [5, 5.41) is 6.98. The zero-order chi connectivity index (χ0) is 8.23. The van der Waals surface area contributed by atoms with Crippen molar-refractivity contribution in [3.05, 3.63) is 0 Å². The third-order valence-electron chi connectivity index (χ3n) is 2.85. The Hall–Kier alpha value is -0.120. The van der Waals surface area contributed by atoms with E-state index in [2.05, 4.69) is 15.5 Å². The molecule has 0 amide bonds. The van der Waals surface area contributed by atoms with E-state index < -0.39 is 0 Å². The maximum Gasteiger partial charge on any atom is 0.0597 e. The molecule has 2 rings (SSSR count). The van der Waals surface area contributed by atoms with Gasteiger partial charge in [-0.3, -0.25) is 4.90 Å². The number of nitrogens with zero attached hydrogens (tertiary/aromatic N) is 1. The fourth-order valence-electron chi connectivity index (χ4n) is 2.16. The Kier molecular flexibility index (Phi) is 2.98. The largest absolute Gasteiger partial charge is 0.315 e. The molecule has 2 aliphatic heterocycles. The topological polar surface area (TPSA) is 27.3 Å². The molecule has 0 radical (unpaired) electrons. The van der Waals surface area contributed by atoms with Crippen LogP contribution in [0.15, 0.2) is 0 Å². The Bertz CT molecular complexity index is 124. The molecule has 0 aliphatic carbocycles. The van der Waals surface area contributed by atoms with Crippen LogP contribution in [0.4, 0.5) is 0 Å². The molecule has 2 saturated heterocycles.